The van der Waals surface area contributed by atoms with Crippen molar-refractivity contribution in [3.63, 3.8) is 0 Å². The number of urea groups is 1. The Morgan fingerprint density at radius 2 is 2.03 bits per heavy atom. The highest BCUT2D eigenvalue weighted by Gasteiger charge is 2.55. The second-order valence-corrected chi connectivity index (χ2v) is 6.60. The Balaban J connectivity index is 1.89. The predicted octanol–water partition coefficient (Wildman–Crippen LogP) is -3.50. The number of carbonyl (C=O) groups excluding carboxylic acids is 1. The average Bonchev–Trinajstić information content (AvgIpc) is 3.22. The van der Waals surface area contributed by atoms with Crippen LogP contribution in [0.2, 0.25) is 0 Å². The maximum atomic E-state index is 12.1. The van der Waals surface area contributed by atoms with Crippen LogP contribution in [0.15, 0.2) is 12.7 Å². The van der Waals surface area contributed by atoms with Gasteiger partial charge in [0.25, 0.3) is 5.91 Å². The lowest BCUT2D eigenvalue weighted by Crippen LogP contribution is -2.49. The molecule has 0 radical (unpaired) electrons. The normalized spacial score (nSPS) is 28.3. The third kappa shape index (κ3) is 3.64. The van der Waals surface area contributed by atoms with Crippen molar-refractivity contribution in [1.29, 1.82) is 0 Å². The second-order valence-electron chi connectivity index (χ2n) is 6.60. The number of aliphatic hydroxyl groups excluding tert-OH is 4. The van der Waals surface area contributed by atoms with E-state index >= 15 is 0 Å². The lowest BCUT2D eigenvalue weighted by molar-refractivity contribution is -0.287. The molecule has 3 rings (SSSR count). The highest BCUT2D eigenvalue weighted by atomic mass is 16.7. The Morgan fingerprint density at radius 3 is 2.60 bits per heavy atom. The maximum Gasteiger partial charge on any atom is 0.328 e. The van der Waals surface area contributed by atoms with Crippen molar-refractivity contribution in [1.82, 2.24) is 24.8 Å². The fourth-order valence-electron chi connectivity index (χ4n) is 2.97. The molecule has 1 fully saturated rings. The zero-order chi connectivity index (χ0) is 22.2. The van der Waals surface area contributed by atoms with E-state index in [-0.39, 0.29) is 17.0 Å². The van der Waals surface area contributed by atoms with Gasteiger partial charge in [0.15, 0.2) is 29.1 Å². The van der Waals surface area contributed by atoms with E-state index in [1.54, 1.807) is 0 Å². The van der Waals surface area contributed by atoms with Crippen LogP contribution < -0.4 is 10.6 Å². The van der Waals surface area contributed by atoms with Crippen LogP contribution in [0.25, 0.3) is 11.2 Å². The monoisotopic (exact) mass is 428 g/mol. The lowest BCUT2D eigenvalue weighted by Gasteiger charge is -2.27. The minimum atomic E-state index is -2.52. The molecule has 1 aliphatic rings. The summed E-state index contributed by atoms with van der Waals surface area (Å²) >= 11 is 0. The fourth-order valence-corrected chi connectivity index (χ4v) is 2.97. The summed E-state index contributed by atoms with van der Waals surface area (Å²) < 4.78 is 6.06. The topological polar surface area (TPSA) is 232 Å². The van der Waals surface area contributed by atoms with Crippen LogP contribution in [0, 0.1) is 0 Å². The van der Waals surface area contributed by atoms with Crippen LogP contribution in [0.5, 0.6) is 0 Å². The number of rotatable bonds is 6. The molecular formula is C15H20N6O9. The maximum absolute atomic E-state index is 12.1. The van der Waals surface area contributed by atoms with E-state index in [1.807, 2.05) is 0 Å². The number of carboxylic acids is 1. The number of hydrogen-bond acceptors (Lipinski definition) is 11. The zero-order valence-electron chi connectivity index (χ0n) is 15.4. The first-order valence-corrected chi connectivity index (χ1v) is 8.64. The summed E-state index contributed by atoms with van der Waals surface area (Å²) in [6.07, 6.45) is -4.11. The van der Waals surface area contributed by atoms with Crippen molar-refractivity contribution in [2.75, 3.05) is 11.9 Å². The minimum Gasteiger partial charge on any atom is -0.480 e. The number of hydrogen-bond donors (Lipinski definition) is 8. The number of imidazole rings is 1. The van der Waals surface area contributed by atoms with E-state index in [9.17, 15) is 35.1 Å². The molecule has 1 saturated heterocycles. The van der Waals surface area contributed by atoms with Crippen molar-refractivity contribution in [2.24, 2.45) is 0 Å². The summed E-state index contributed by atoms with van der Waals surface area (Å²) in [7, 11) is 0. The molecule has 0 bridgehead atoms. The van der Waals surface area contributed by atoms with Crippen LogP contribution in [-0.4, -0.2) is 99.2 Å². The van der Waals surface area contributed by atoms with Gasteiger partial charge in [-0.05, 0) is 6.92 Å². The Kier molecular flexibility index (Phi) is 5.84. The first-order chi connectivity index (χ1) is 14.1. The van der Waals surface area contributed by atoms with Gasteiger partial charge in [-0.3, -0.25) is 9.88 Å². The molecule has 164 valence electrons. The molecule has 30 heavy (non-hydrogen) atoms. The van der Waals surface area contributed by atoms with Gasteiger partial charge in [0.1, 0.15) is 24.9 Å². The van der Waals surface area contributed by atoms with Gasteiger partial charge in [0, 0.05) is 0 Å². The Bertz CT molecular complexity index is 952. The quantitative estimate of drug-likeness (QED) is 0.224. The Morgan fingerprint density at radius 1 is 1.33 bits per heavy atom. The molecule has 2 aromatic heterocycles. The number of amides is 2. The van der Waals surface area contributed by atoms with Crippen molar-refractivity contribution in [3.8, 4) is 0 Å². The van der Waals surface area contributed by atoms with Crippen molar-refractivity contribution >= 4 is 29.0 Å². The molecule has 1 aliphatic heterocycles. The van der Waals surface area contributed by atoms with Crippen LogP contribution in [0.1, 0.15) is 6.92 Å². The zero-order valence-corrected chi connectivity index (χ0v) is 15.4. The van der Waals surface area contributed by atoms with E-state index in [0.717, 1.165) is 17.2 Å². The van der Waals surface area contributed by atoms with Gasteiger partial charge in [0.2, 0.25) is 0 Å². The van der Waals surface area contributed by atoms with Crippen molar-refractivity contribution in [3.05, 3.63) is 12.7 Å². The van der Waals surface area contributed by atoms with Gasteiger partial charge in [0.05, 0.1) is 12.7 Å². The van der Waals surface area contributed by atoms with Gasteiger partial charge in [-0.15, -0.1) is 0 Å². The summed E-state index contributed by atoms with van der Waals surface area (Å²) in [6, 6.07) is -2.59. The third-order valence-electron chi connectivity index (χ3n) is 4.54. The number of carbonyl (C=O) groups is 2. The van der Waals surface area contributed by atoms with Gasteiger partial charge >= 0.3 is 12.0 Å². The molecule has 8 N–H and O–H groups in total. The summed E-state index contributed by atoms with van der Waals surface area (Å²) in [5.41, 5.74) is -0.180. The number of aromatic nitrogens is 4. The van der Waals surface area contributed by atoms with Gasteiger partial charge in [-0.2, -0.15) is 0 Å². The Hall–Kier alpha value is -2.95. The highest BCUT2D eigenvalue weighted by Crippen LogP contribution is 2.35. The van der Waals surface area contributed by atoms with Crippen LogP contribution >= 0.6 is 0 Å². The molecule has 0 aliphatic carbocycles. The SMILES string of the molecule is C[C@@H](O)[C@H](NC(=O)Nc1ncnc2c1ncn2C1(O)O[C@H](CO)[C@@H](O)[C@H]1O)C(=O)O. The Labute approximate surface area is 167 Å². The molecule has 0 spiro atoms. The number of ether oxygens (including phenoxy) is 1. The molecule has 0 saturated carbocycles. The molecule has 15 heteroatoms. The number of aliphatic hydroxyl groups is 5. The van der Waals surface area contributed by atoms with Gasteiger partial charge < -0.3 is 40.7 Å². The van der Waals surface area contributed by atoms with Crippen LogP contribution in [-0.2, 0) is 15.4 Å². The molecule has 1 unspecified atom stereocenters. The number of nitrogens with zero attached hydrogens (tertiary/aromatic N) is 4. The summed E-state index contributed by atoms with van der Waals surface area (Å²) in [6.45, 7) is 0.508. The number of aliphatic carboxylic acids is 1. The number of carboxylic acid groups (broad SMARTS) is 1. The van der Waals surface area contributed by atoms with E-state index in [1.165, 1.54) is 6.92 Å². The van der Waals surface area contributed by atoms with Crippen LogP contribution in [0.3, 0.4) is 0 Å². The number of fused-ring (bicyclic) bond motifs is 1. The molecule has 15 nitrogen and oxygen atoms in total. The predicted molar refractivity (Wildman–Crippen MR) is 94.7 cm³/mol. The standard InChI is InChI=1S/C15H20N6O9/c1-5(23)7(13(26)27)19-14(28)20-11-8-12(17-3-16-11)21(4-18-8)15(29)10(25)9(24)6(2-22)30-15/h3-7,9-10,22-25,29H,2H2,1H3,(H,26,27)(H2,16,17,19,20,28)/t5-,6-,7+,9-,10-,15?/m1/s1. The van der Waals surface area contributed by atoms with Crippen LogP contribution in [0.4, 0.5) is 10.6 Å². The summed E-state index contributed by atoms with van der Waals surface area (Å²) in [4.78, 5) is 34.9. The van der Waals surface area contributed by atoms with E-state index in [4.69, 9.17) is 9.84 Å². The third-order valence-corrected chi connectivity index (χ3v) is 4.54. The minimum absolute atomic E-state index is 0.0669. The van der Waals surface area contributed by atoms with Gasteiger partial charge in [-0.1, -0.05) is 0 Å². The van der Waals surface area contributed by atoms with Crippen molar-refractivity contribution < 1.29 is 45.0 Å². The summed E-state index contributed by atoms with van der Waals surface area (Å²) in [5, 5.41) is 62.8. The molecule has 2 aromatic rings. The smallest absolute Gasteiger partial charge is 0.328 e. The highest BCUT2D eigenvalue weighted by molar-refractivity contribution is 5.97. The number of nitrogens with one attached hydrogen (secondary N) is 2. The second kappa shape index (κ2) is 8.05. The lowest BCUT2D eigenvalue weighted by atomic mass is 10.1. The number of anilines is 1. The molecule has 6 atom stereocenters. The largest absolute Gasteiger partial charge is 0.480 e. The molecule has 3 heterocycles. The first-order valence-electron chi connectivity index (χ1n) is 8.64. The van der Waals surface area contributed by atoms with E-state index < -0.39 is 55.0 Å². The summed E-state index contributed by atoms with van der Waals surface area (Å²) in [5.74, 6) is -4.15. The molecule has 0 aromatic carbocycles. The molecular weight excluding hydrogens is 408 g/mol. The average molecular weight is 428 g/mol. The molecule has 2 amide bonds. The van der Waals surface area contributed by atoms with Crippen molar-refractivity contribution in [2.45, 2.75) is 43.3 Å². The van der Waals surface area contributed by atoms with E-state index in [0.29, 0.717) is 0 Å². The first kappa shape index (κ1) is 21.8. The fraction of sp³-hybridized carbons (Fsp3) is 0.533. The van der Waals surface area contributed by atoms with Gasteiger partial charge in [-0.25, -0.2) is 24.5 Å². The van der Waals surface area contributed by atoms with E-state index in [2.05, 4.69) is 25.6 Å².